The molecule has 1 N–H and O–H groups in total. The number of hydrogen-bond donors (Lipinski definition) is 1. The van der Waals surface area contributed by atoms with Gasteiger partial charge < -0.3 is 10.2 Å². The second-order valence-electron chi connectivity index (χ2n) is 6.53. The molecule has 2 amide bonds. The van der Waals surface area contributed by atoms with E-state index in [1.54, 1.807) is 0 Å². The molecule has 4 heteroatoms. The normalized spacial score (nSPS) is 14.9. The highest BCUT2D eigenvalue weighted by atomic mass is 35.5. The lowest BCUT2D eigenvalue weighted by Gasteiger charge is -2.28. The van der Waals surface area contributed by atoms with Gasteiger partial charge in [0, 0.05) is 30.1 Å². The molecule has 1 saturated carbocycles. The first-order chi connectivity index (χ1) is 9.92. The Morgan fingerprint density at radius 3 is 2.48 bits per heavy atom. The lowest BCUT2D eigenvalue weighted by molar-refractivity contribution is 0.196. The number of nitrogens with one attached hydrogen (secondary N) is 1. The van der Waals surface area contributed by atoms with E-state index in [0.29, 0.717) is 6.54 Å². The van der Waals surface area contributed by atoms with Gasteiger partial charge in [-0.2, -0.15) is 0 Å². The van der Waals surface area contributed by atoms with Gasteiger partial charge in [0.15, 0.2) is 0 Å². The second kappa shape index (κ2) is 6.69. The van der Waals surface area contributed by atoms with Crippen LogP contribution in [0.1, 0.15) is 39.2 Å². The second-order valence-corrected chi connectivity index (χ2v) is 6.97. The fourth-order valence-corrected chi connectivity index (χ4v) is 2.51. The van der Waals surface area contributed by atoms with Crippen molar-refractivity contribution >= 4 is 17.6 Å². The monoisotopic (exact) mass is 308 g/mol. The van der Waals surface area contributed by atoms with Crippen LogP contribution in [0.15, 0.2) is 24.3 Å². The molecule has 0 radical (unpaired) electrons. The lowest BCUT2D eigenvalue weighted by Crippen LogP contribution is -2.45. The standard InChI is InChI=1S/C17H25ClN2O/c1-4-20(11-13-5-6-13)16(21)19-12-17(2,3)14-7-9-15(18)10-8-14/h7-10,13H,4-6,11-12H2,1-3H3,(H,19,21). The van der Waals surface area contributed by atoms with Gasteiger partial charge in [-0.3, -0.25) is 0 Å². The van der Waals surface area contributed by atoms with Gasteiger partial charge in [0.2, 0.25) is 0 Å². The quantitative estimate of drug-likeness (QED) is 0.844. The molecular weight excluding hydrogens is 284 g/mol. The minimum absolute atomic E-state index is 0.0476. The molecule has 21 heavy (non-hydrogen) atoms. The molecule has 1 aliphatic carbocycles. The Morgan fingerprint density at radius 2 is 1.95 bits per heavy atom. The van der Waals surface area contributed by atoms with Gasteiger partial charge in [0.25, 0.3) is 0 Å². The summed E-state index contributed by atoms with van der Waals surface area (Å²) in [6, 6.07) is 7.89. The molecule has 0 unspecified atom stereocenters. The molecule has 0 saturated heterocycles. The van der Waals surface area contributed by atoms with Crippen LogP contribution in [0.5, 0.6) is 0 Å². The summed E-state index contributed by atoms with van der Waals surface area (Å²) < 4.78 is 0. The third-order valence-electron chi connectivity index (χ3n) is 4.15. The third kappa shape index (κ3) is 4.63. The van der Waals surface area contributed by atoms with Gasteiger partial charge in [-0.25, -0.2) is 4.79 Å². The molecule has 0 bridgehead atoms. The Bertz CT molecular complexity index is 480. The zero-order valence-electron chi connectivity index (χ0n) is 13.2. The van der Waals surface area contributed by atoms with E-state index >= 15 is 0 Å². The molecule has 1 aromatic carbocycles. The molecule has 1 aliphatic rings. The van der Waals surface area contributed by atoms with E-state index in [1.807, 2.05) is 36.1 Å². The number of hydrogen-bond acceptors (Lipinski definition) is 1. The van der Waals surface area contributed by atoms with Crippen LogP contribution in [0, 0.1) is 5.92 Å². The number of nitrogens with zero attached hydrogens (tertiary/aromatic N) is 1. The maximum absolute atomic E-state index is 12.3. The molecular formula is C17H25ClN2O. The van der Waals surface area contributed by atoms with Crippen LogP contribution in [0.25, 0.3) is 0 Å². The molecule has 0 aliphatic heterocycles. The third-order valence-corrected chi connectivity index (χ3v) is 4.40. The summed E-state index contributed by atoms with van der Waals surface area (Å²) in [4.78, 5) is 14.2. The fourth-order valence-electron chi connectivity index (χ4n) is 2.38. The predicted octanol–water partition coefficient (Wildman–Crippen LogP) is 4.06. The van der Waals surface area contributed by atoms with Crippen LogP contribution in [0.4, 0.5) is 4.79 Å². The summed E-state index contributed by atoms with van der Waals surface area (Å²) in [5, 5.41) is 3.81. The molecule has 0 atom stereocenters. The Hall–Kier alpha value is -1.22. The van der Waals surface area contributed by atoms with Gasteiger partial charge in [0.1, 0.15) is 0 Å². The summed E-state index contributed by atoms with van der Waals surface area (Å²) in [6.07, 6.45) is 2.53. The van der Waals surface area contributed by atoms with Crippen LogP contribution in [0.3, 0.4) is 0 Å². The van der Waals surface area contributed by atoms with E-state index in [0.717, 1.165) is 24.0 Å². The van der Waals surface area contributed by atoms with Crippen molar-refractivity contribution in [1.82, 2.24) is 10.2 Å². The van der Waals surface area contributed by atoms with Crippen LogP contribution < -0.4 is 5.32 Å². The maximum Gasteiger partial charge on any atom is 0.317 e. The highest BCUT2D eigenvalue weighted by Gasteiger charge is 2.27. The molecule has 0 spiro atoms. The average molecular weight is 309 g/mol. The van der Waals surface area contributed by atoms with Crippen molar-refractivity contribution in [2.45, 2.75) is 39.0 Å². The van der Waals surface area contributed by atoms with Gasteiger partial charge >= 0.3 is 6.03 Å². The topological polar surface area (TPSA) is 32.3 Å². The van der Waals surface area contributed by atoms with E-state index in [4.69, 9.17) is 11.6 Å². The Labute approximate surface area is 132 Å². The van der Waals surface area contributed by atoms with Gasteiger partial charge in [-0.15, -0.1) is 0 Å². The summed E-state index contributed by atoms with van der Waals surface area (Å²) in [5.41, 5.74) is 1.07. The number of carbonyl (C=O) groups is 1. The molecule has 2 rings (SSSR count). The highest BCUT2D eigenvalue weighted by molar-refractivity contribution is 6.30. The van der Waals surface area contributed by atoms with Crippen molar-refractivity contribution in [2.24, 2.45) is 5.92 Å². The number of carbonyl (C=O) groups excluding carboxylic acids is 1. The van der Waals surface area contributed by atoms with Crippen molar-refractivity contribution in [3.05, 3.63) is 34.9 Å². The van der Waals surface area contributed by atoms with Crippen LogP contribution in [-0.2, 0) is 5.41 Å². The Balaban J connectivity index is 1.90. The molecule has 116 valence electrons. The van der Waals surface area contributed by atoms with Gasteiger partial charge in [-0.1, -0.05) is 37.6 Å². The highest BCUT2D eigenvalue weighted by Crippen LogP contribution is 2.29. The van der Waals surface area contributed by atoms with Crippen LogP contribution in [0.2, 0.25) is 5.02 Å². The summed E-state index contributed by atoms with van der Waals surface area (Å²) in [6.45, 7) is 8.58. The van der Waals surface area contributed by atoms with Crippen molar-refractivity contribution < 1.29 is 4.79 Å². The zero-order valence-corrected chi connectivity index (χ0v) is 13.9. The van der Waals surface area contributed by atoms with E-state index in [2.05, 4.69) is 19.2 Å². The number of benzene rings is 1. The van der Waals surface area contributed by atoms with Crippen molar-refractivity contribution in [2.75, 3.05) is 19.6 Å². The van der Waals surface area contributed by atoms with E-state index in [-0.39, 0.29) is 11.4 Å². The minimum Gasteiger partial charge on any atom is -0.337 e. The molecule has 1 aromatic rings. The fraction of sp³-hybridized carbons (Fsp3) is 0.588. The SMILES string of the molecule is CCN(CC1CC1)C(=O)NCC(C)(C)c1ccc(Cl)cc1. The zero-order chi connectivity index (χ0) is 15.5. The molecule has 0 heterocycles. The Morgan fingerprint density at radius 1 is 1.33 bits per heavy atom. The first-order valence-corrected chi connectivity index (χ1v) is 8.09. The summed E-state index contributed by atoms with van der Waals surface area (Å²) >= 11 is 5.93. The maximum atomic E-state index is 12.3. The smallest absolute Gasteiger partial charge is 0.317 e. The summed E-state index contributed by atoms with van der Waals surface area (Å²) in [7, 11) is 0. The largest absolute Gasteiger partial charge is 0.337 e. The van der Waals surface area contributed by atoms with E-state index in [1.165, 1.54) is 18.4 Å². The molecule has 1 fully saturated rings. The number of halogens is 1. The van der Waals surface area contributed by atoms with Crippen molar-refractivity contribution in [1.29, 1.82) is 0 Å². The van der Waals surface area contributed by atoms with E-state index in [9.17, 15) is 4.79 Å². The first-order valence-electron chi connectivity index (χ1n) is 7.71. The number of amides is 2. The molecule has 3 nitrogen and oxygen atoms in total. The van der Waals surface area contributed by atoms with E-state index < -0.39 is 0 Å². The number of rotatable bonds is 6. The summed E-state index contributed by atoms with van der Waals surface area (Å²) in [5.74, 6) is 0.722. The molecule has 0 aromatic heterocycles. The first kappa shape index (κ1) is 16.2. The Kier molecular flexibility index (Phi) is 5.15. The van der Waals surface area contributed by atoms with Crippen LogP contribution >= 0.6 is 11.6 Å². The van der Waals surface area contributed by atoms with Gasteiger partial charge in [0.05, 0.1) is 0 Å². The number of urea groups is 1. The predicted molar refractivity (Wildman–Crippen MR) is 87.8 cm³/mol. The average Bonchev–Trinajstić information content (AvgIpc) is 3.27. The minimum atomic E-state index is -0.112. The lowest BCUT2D eigenvalue weighted by atomic mass is 9.85. The van der Waals surface area contributed by atoms with Crippen molar-refractivity contribution in [3.63, 3.8) is 0 Å². The van der Waals surface area contributed by atoms with Crippen molar-refractivity contribution in [3.8, 4) is 0 Å². The van der Waals surface area contributed by atoms with Crippen LogP contribution in [-0.4, -0.2) is 30.6 Å². The van der Waals surface area contributed by atoms with Gasteiger partial charge in [-0.05, 0) is 43.4 Å².